The van der Waals surface area contributed by atoms with Crippen molar-refractivity contribution in [3.63, 3.8) is 0 Å². The minimum Gasteiger partial charge on any atom is -0.469 e. The van der Waals surface area contributed by atoms with Crippen LogP contribution in [0.4, 0.5) is 5.69 Å². The molecule has 0 fully saturated rings. The molecule has 0 radical (unpaired) electrons. The molecule has 104 valence electrons. The quantitative estimate of drug-likeness (QED) is 0.779. The van der Waals surface area contributed by atoms with Gasteiger partial charge in [0.25, 0.3) is 0 Å². The number of ether oxygens (including phenoxy) is 1. The molecule has 0 aliphatic carbocycles. The lowest BCUT2D eigenvalue weighted by Crippen LogP contribution is -2.13. The highest BCUT2D eigenvalue weighted by molar-refractivity contribution is 5.92. The van der Waals surface area contributed by atoms with Gasteiger partial charge < -0.3 is 10.1 Å². The molecule has 0 atom stereocenters. The van der Waals surface area contributed by atoms with Gasteiger partial charge in [-0.05, 0) is 29.5 Å². The number of aromatic amines is 1. The summed E-state index contributed by atoms with van der Waals surface area (Å²) in [5, 5.41) is 16.2. The monoisotopic (exact) mass is 275 g/mol. The summed E-state index contributed by atoms with van der Waals surface area (Å²) in [4.78, 5) is 22.5. The van der Waals surface area contributed by atoms with Gasteiger partial charge in [-0.25, -0.2) is 0 Å². The van der Waals surface area contributed by atoms with Crippen LogP contribution in [0.25, 0.3) is 11.4 Å². The van der Waals surface area contributed by atoms with Crippen LogP contribution in [0.15, 0.2) is 24.3 Å². The van der Waals surface area contributed by atoms with Crippen molar-refractivity contribution in [1.29, 1.82) is 0 Å². The summed E-state index contributed by atoms with van der Waals surface area (Å²) < 4.78 is 4.47. The first-order chi connectivity index (χ1) is 9.69. The molecule has 8 heteroatoms. The van der Waals surface area contributed by atoms with Crippen molar-refractivity contribution in [2.45, 2.75) is 12.8 Å². The highest BCUT2D eigenvalue weighted by Crippen LogP contribution is 2.16. The summed E-state index contributed by atoms with van der Waals surface area (Å²) in [6.45, 7) is 0. The first-order valence-electron chi connectivity index (χ1n) is 5.89. The number of nitrogens with one attached hydrogen (secondary N) is 2. The van der Waals surface area contributed by atoms with Gasteiger partial charge >= 0.3 is 5.97 Å². The number of H-pyrrole nitrogens is 1. The highest BCUT2D eigenvalue weighted by Gasteiger charge is 2.08. The molecule has 0 unspecified atom stereocenters. The molecule has 1 aromatic heterocycles. The Morgan fingerprint density at radius 2 is 2.00 bits per heavy atom. The van der Waals surface area contributed by atoms with Crippen molar-refractivity contribution in [3.8, 4) is 11.4 Å². The van der Waals surface area contributed by atoms with E-state index in [1.807, 2.05) is 0 Å². The van der Waals surface area contributed by atoms with Crippen LogP contribution in [0.3, 0.4) is 0 Å². The number of anilines is 1. The largest absolute Gasteiger partial charge is 0.469 e. The van der Waals surface area contributed by atoms with Gasteiger partial charge in [-0.3, -0.25) is 9.59 Å². The van der Waals surface area contributed by atoms with Crippen LogP contribution in [-0.4, -0.2) is 39.6 Å². The molecular formula is C12H13N5O3. The van der Waals surface area contributed by atoms with Crippen molar-refractivity contribution >= 4 is 17.6 Å². The SMILES string of the molecule is COC(=O)CCC(=O)Nc1ccc(-c2nn[nH]n2)cc1. The molecule has 0 spiro atoms. The number of hydrogen-bond acceptors (Lipinski definition) is 6. The maximum absolute atomic E-state index is 11.6. The molecule has 2 N–H and O–H groups in total. The minimum atomic E-state index is -0.410. The Labute approximate surface area is 114 Å². The van der Waals surface area contributed by atoms with E-state index in [-0.39, 0.29) is 18.7 Å². The maximum Gasteiger partial charge on any atom is 0.306 e. The fraction of sp³-hybridized carbons (Fsp3) is 0.250. The summed E-state index contributed by atoms with van der Waals surface area (Å²) in [5.41, 5.74) is 1.42. The first-order valence-corrected chi connectivity index (χ1v) is 5.89. The summed E-state index contributed by atoms with van der Waals surface area (Å²) >= 11 is 0. The number of aromatic nitrogens is 4. The molecule has 2 rings (SSSR count). The normalized spacial score (nSPS) is 10.1. The lowest BCUT2D eigenvalue weighted by molar-refractivity contribution is -0.141. The van der Waals surface area contributed by atoms with E-state index < -0.39 is 5.97 Å². The van der Waals surface area contributed by atoms with Gasteiger partial charge in [0.15, 0.2) is 0 Å². The number of nitrogens with zero attached hydrogens (tertiary/aromatic N) is 3. The molecule has 1 aromatic carbocycles. The average Bonchev–Trinajstić information content (AvgIpc) is 2.99. The number of carbonyl (C=O) groups is 2. The lowest BCUT2D eigenvalue weighted by Gasteiger charge is -2.05. The first kappa shape index (κ1) is 13.7. The number of esters is 1. The number of benzene rings is 1. The molecular weight excluding hydrogens is 262 g/mol. The highest BCUT2D eigenvalue weighted by atomic mass is 16.5. The standard InChI is InChI=1S/C12H13N5O3/c1-20-11(19)7-6-10(18)13-9-4-2-8(3-5-9)12-14-16-17-15-12/h2-5H,6-7H2,1H3,(H,13,18)(H,14,15,16,17). The third-order valence-electron chi connectivity index (χ3n) is 2.56. The van der Waals surface area contributed by atoms with Crippen molar-refractivity contribution in [2.75, 3.05) is 12.4 Å². The van der Waals surface area contributed by atoms with Crippen LogP contribution in [0.5, 0.6) is 0 Å². The van der Waals surface area contributed by atoms with Gasteiger partial charge in [0.2, 0.25) is 11.7 Å². The lowest BCUT2D eigenvalue weighted by atomic mass is 10.2. The molecule has 2 aromatic rings. The number of amides is 1. The Bertz CT molecular complexity index is 580. The number of methoxy groups -OCH3 is 1. The van der Waals surface area contributed by atoms with E-state index in [9.17, 15) is 9.59 Å². The van der Waals surface area contributed by atoms with Crippen LogP contribution in [0, 0.1) is 0 Å². The second kappa shape index (κ2) is 6.41. The van der Waals surface area contributed by atoms with Crippen molar-refractivity contribution in [1.82, 2.24) is 20.6 Å². The summed E-state index contributed by atoms with van der Waals surface area (Å²) in [7, 11) is 1.29. The van der Waals surface area contributed by atoms with Crippen LogP contribution < -0.4 is 5.32 Å². The maximum atomic E-state index is 11.6. The topological polar surface area (TPSA) is 110 Å². The van der Waals surface area contributed by atoms with Gasteiger partial charge in [0, 0.05) is 17.7 Å². The van der Waals surface area contributed by atoms with Gasteiger partial charge in [0.05, 0.1) is 13.5 Å². The Morgan fingerprint density at radius 1 is 1.25 bits per heavy atom. The molecule has 8 nitrogen and oxygen atoms in total. The van der Waals surface area contributed by atoms with E-state index in [1.165, 1.54) is 7.11 Å². The molecule has 0 aliphatic rings. The van der Waals surface area contributed by atoms with Crippen molar-refractivity contribution in [2.24, 2.45) is 0 Å². The zero-order valence-electron chi connectivity index (χ0n) is 10.8. The van der Waals surface area contributed by atoms with E-state index in [1.54, 1.807) is 24.3 Å². The van der Waals surface area contributed by atoms with Crippen molar-refractivity contribution in [3.05, 3.63) is 24.3 Å². The summed E-state index contributed by atoms with van der Waals surface area (Å²) in [6, 6.07) is 6.98. The second-order valence-electron chi connectivity index (χ2n) is 3.94. The molecule has 20 heavy (non-hydrogen) atoms. The molecule has 0 saturated heterocycles. The summed E-state index contributed by atoms with van der Waals surface area (Å²) in [5.74, 6) is -0.177. The van der Waals surface area contributed by atoms with Gasteiger partial charge in [-0.2, -0.15) is 5.21 Å². The third-order valence-corrected chi connectivity index (χ3v) is 2.56. The smallest absolute Gasteiger partial charge is 0.306 e. The van der Waals surface area contributed by atoms with E-state index in [0.717, 1.165) is 5.56 Å². The molecule has 1 amide bonds. The molecule has 1 heterocycles. The van der Waals surface area contributed by atoms with E-state index in [4.69, 9.17) is 0 Å². The fourth-order valence-corrected chi connectivity index (χ4v) is 1.53. The van der Waals surface area contributed by atoms with E-state index in [0.29, 0.717) is 11.5 Å². The molecule has 0 bridgehead atoms. The van der Waals surface area contributed by atoms with Crippen LogP contribution in [0.2, 0.25) is 0 Å². The van der Waals surface area contributed by atoms with Crippen LogP contribution in [0.1, 0.15) is 12.8 Å². The zero-order chi connectivity index (χ0) is 14.4. The Balaban J connectivity index is 1.90. The van der Waals surface area contributed by atoms with Gasteiger partial charge in [-0.1, -0.05) is 0 Å². The zero-order valence-corrected chi connectivity index (χ0v) is 10.8. The fourth-order valence-electron chi connectivity index (χ4n) is 1.53. The second-order valence-corrected chi connectivity index (χ2v) is 3.94. The molecule has 0 saturated carbocycles. The number of carbonyl (C=O) groups excluding carboxylic acids is 2. The minimum absolute atomic E-state index is 0.0588. The van der Waals surface area contributed by atoms with Crippen molar-refractivity contribution < 1.29 is 14.3 Å². The van der Waals surface area contributed by atoms with E-state index in [2.05, 4.69) is 30.7 Å². The predicted octanol–water partition coefficient (Wildman–Crippen LogP) is 0.758. The Hall–Kier alpha value is -2.77. The Kier molecular flexibility index (Phi) is 4.38. The average molecular weight is 275 g/mol. The van der Waals surface area contributed by atoms with E-state index >= 15 is 0 Å². The number of hydrogen-bond donors (Lipinski definition) is 2. The summed E-state index contributed by atoms with van der Waals surface area (Å²) in [6.07, 6.45) is 0.141. The number of tetrazole rings is 1. The third kappa shape index (κ3) is 3.61. The Morgan fingerprint density at radius 3 is 2.60 bits per heavy atom. The van der Waals surface area contributed by atoms with Gasteiger partial charge in [-0.15, -0.1) is 10.2 Å². The van der Waals surface area contributed by atoms with Crippen LogP contribution >= 0.6 is 0 Å². The number of rotatable bonds is 5. The van der Waals surface area contributed by atoms with Gasteiger partial charge in [0.1, 0.15) is 0 Å². The van der Waals surface area contributed by atoms with Crippen LogP contribution in [-0.2, 0) is 14.3 Å². The predicted molar refractivity (Wildman–Crippen MR) is 69.5 cm³/mol. The molecule has 0 aliphatic heterocycles.